The summed E-state index contributed by atoms with van der Waals surface area (Å²) in [7, 11) is 0. The number of nitrogens with one attached hydrogen (secondary N) is 1. The van der Waals surface area contributed by atoms with E-state index in [0.29, 0.717) is 6.54 Å². The van der Waals surface area contributed by atoms with Gasteiger partial charge in [-0.1, -0.05) is 11.6 Å². The molecular formula is C18H27N2O2+. The number of ether oxygens (including phenoxy) is 1. The molecule has 4 heteroatoms. The molecule has 0 saturated carbocycles. The number of aromatic nitrogens is 1. The van der Waals surface area contributed by atoms with Crippen molar-refractivity contribution < 1.29 is 14.7 Å². The third-order valence-corrected chi connectivity index (χ3v) is 4.91. The molecule has 1 saturated heterocycles. The molecule has 0 aliphatic carbocycles. The van der Waals surface area contributed by atoms with Crippen LogP contribution in [0.15, 0.2) is 18.2 Å². The number of aryl methyl sites for hydroxylation is 2. The van der Waals surface area contributed by atoms with Gasteiger partial charge >= 0.3 is 0 Å². The van der Waals surface area contributed by atoms with E-state index in [1.165, 1.54) is 32.6 Å². The average Bonchev–Trinajstić information content (AvgIpc) is 2.73. The molecule has 120 valence electrons. The van der Waals surface area contributed by atoms with Gasteiger partial charge in [0.15, 0.2) is 0 Å². The number of aliphatic hydroxyl groups excluding tert-OH is 1. The summed E-state index contributed by atoms with van der Waals surface area (Å²) in [6.07, 6.45) is -0.317. The van der Waals surface area contributed by atoms with Crippen molar-refractivity contribution in [3.8, 4) is 0 Å². The highest BCUT2D eigenvalue weighted by Crippen LogP contribution is 2.26. The van der Waals surface area contributed by atoms with Crippen LogP contribution in [0.1, 0.15) is 16.8 Å². The van der Waals surface area contributed by atoms with E-state index in [2.05, 4.69) is 43.5 Å². The first kappa shape index (κ1) is 15.5. The Kier molecular flexibility index (Phi) is 4.52. The second-order valence-corrected chi connectivity index (χ2v) is 6.56. The van der Waals surface area contributed by atoms with Crippen molar-refractivity contribution in [3.05, 3.63) is 35.0 Å². The van der Waals surface area contributed by atoms with E-state index in [9.17, 15) is 5.11 Å². The largest absolute Gasteiger partial charge is 0.385 e. The zero-order valence-electron chi connectivity index (χ0n) is 13.9. The molecule has 1 aromatic heterocycles. The summed E-state index contributed by atoms with van der Waals surface area (Å²) < 4.78 is 7.66. The number of nitrogens with zero attached hydrogens (tertiary/aromatic N) is 1. The van der Waals surface area contributed by atoms with Crippen molar-refractivity contribution in [3.63, 3.8) is 0 Å². The monoisotopic (exact) mass is 303 g/mol. The van der Waals surface area contributed by atoms with Crippen LogP contribution >= 0.6 is 0 Å². The van der Waals surface area contributed by atoms with Crippen LogP contribution < -0.4 is 4.90 Å². The van der Waals surface area contributed by atoms with Gasteiger partial charge in [-0.3, -0.25) is 0 Å². The lowest BCUT2D eigenvalue weighted by Crippen LogP contribution is -3.15. The first-order chi connectivity index (χ1) is 10.6. The molecule has 2 heterocycles. The van der Waals surface area contributed by atoms with Crippen LogP contribution in [-0.2, 0) is 11.3 Å². The third-order valence-electron chi connectivity index (χ3n) is 4.91. The van der Waals surface area contributed by atoms with Gasteiger partial charge in [-0.25, -0.2) is 0 Å². The highest BCUT2D eigenvalue weighted by Gasteiger charge is 2.20. The maximum atomic E-state index is 10.5. The highest BCUT2D eigenvalue weighted by molar-refractivity contribution is 5.85. The predicted octanol–water partition coefficient (Wildman–Crippen LogP) is 0.843. The molecule has 0 spiro atoms. The fraction of sp³-hybridized carbons (Fsp3) is 0.556. The molecule has 0 radical (unpaired) electrons. The molecule has 3 rings (SSSR count). The number of rotatable bonds is 4. The molecule has 4 nitrogen and oxygen atoms in total. The Morgan fingerprint density at radius 1 is 1.23 bits per heavy atom. The van der Waals surface area contributed by atoms with Crippen molar-refractivity contribution in [2.45, 2.75) is 33.4 Å². The minimum atomic E-state index is -0.317. The number of hydrogen-bond donors (Lipinski definition) is 2. The first-order valence-corrected chi connectivity index (χ1v) is 8.21. The number of benzene rings is 1. The van der Waals surface area contributed by atoms with Crippen LogP contribution in [-0.4, -0.2) is 48.6 Å². The van der Waals surface area contributed by atoms with E-state index in [1.54, 1.807) is 0 Å². The minimum Gasteiger partial charge on any atom is -0.385 e. The van der Waals surface area contributed by atoms with Gasteiger partial charge < -0.3 is 19.3 Å². The molecule has 1 aliphatic rings. The summed E-state index contributed by atoms with van der Waals surface area (Å²) in [6.45, 7) is 11.5. The minimum absolute atomic E-state index is 0.317. The SMILES string of the molecule is Cc1ccc2c(c1)c(C)c(C)n2C[C@@H](O)C[NH+]1CCOCC1. The van der Waals surface area contributed by atoms with Gasteiger partial charge in [0, 0.05) is 16.6 Å². The van der Waals surface area contributed by atoms with Crippen molar-refractivity contribution >= 4 is 10.9 Å². The smallest absolute Gasteiger partial charge is 0.121 e. The predicted molar refractivity (Wildman–Crippen MR) is 88.5 cm³/mol. The molecule has 1 aromatic carbocycles. The van der Waals surface area contributed by atoms with Gasteiger partial charge in [0.05, 0.1) is 19.8 Å². The summed E-state index contributed by atoms with van der Waals surface area (Å²) in [4.78, 5) is 1.44. The fourth-order valence-electron chi connectivity index (χ4n) is 3.47. The molecule has 1 aliphatic heterocycles. The van der Waals surface area contributed by atoms with Crippen LogP contribution in [0.5, 0.6) is 0 Å². The molecule has 2 N–H and O–H groups in total. The van der Waals surface area contributed by atoms with E-state index >= 15 is 0 Å². The second kappa shape index (κ2) is 6.41. The zero-order chi connectivity index (χ0) is 15.7. The molecule has 0 unspecified atom stereocenters. The van der Waals surface area contributed by atoms with E-state index in [0.717, 1.165) is 32.8 Å². The van der Waals surface area contributed by atoms with E-state index in [1.807, 2.05) is 0 Å². The fourth-order valence-corrected chi connectivity index (χ4v) is 3.47. The molecule has 0 amide bonds. The van der Waals surface area contributed by atoms with Crippen LogP contribution in [0.3, 0.4) is 0 Å². The number of hydrogen-bond acceptors (Lipinski definition) is 2. The van der Waals surface area contributed by atoms with Gasteiger partial charge in [0.2, 0.25) is 0 Å². The Morgan fingerprint density at radius 3 is 2.68 bits per heavy atom. The first-order valence-electron chi connectivity index (χ1n) is 8.21. The van der Waals surface area contributed by atoms with Gasteiger partial charge in [-0.15, -0.1) is 0 Å². The Morgan fingerprint density at radius 2 is 1.95 bits per heavy atom. The summed E-state index contributed by atoms with van der Waals surface area (Å²) in [5.41, 5.74) is 5.10. The Hall–Kier alpha value is -1.36. The molecule has 1 fully saturated rings. The lowest BCUT2D eigenvalue weighted by molar-refractivity contribution is -0.911. The number of aliphatic hydroxyl groups is 1. The van der Waals surface area contributed by atoms with Gasteiger partial charge in [-0.2, -0.15) is 0 Å². The summed E-state index contributed by atoms with van der Waals surface area (Å²) in [6, 6.07) is 6.57. The number of quaternary nitrogens is 1. The molecular weight excluding hydrogens is 276 g/mol. The maximum absolute atomic E-state index is 10.5. The Balaban J connectivity index is 1.79. The van der Waals surface area contributed by atoms with Crippen molar-refractivity contribution in [2.75, 3.05) is 32.8 Å². The van der Waals surface area contributed by atoms with Gasteiger partial charge in [0.25, 0.3) is 0 Å². The maximum Gasteiger partial charge on any atom is 0.121 e. The lowest BCUT2D eigenvalue weighted by Gasteiger charge is -2.26. The highest BCUT2D eigenvalue weighted by atomic mass is 16.5. The van der Waals surface area contributed by atoms with Gasteiger partial charge in [0.1, 0.15) is 25.7 Å². The van der Waals surface area contributed by atoms with Gasteiger partial charge in [-0.05, 0) is 38.5 Å². The summed E-state index contributed by atoms with van der Waals surface area (Å²) >= 11 is 0. The van der Waals surface area contributed by atoms with Crippen molar-refractivity contribution in [1.82, 2.24) is 4.57 Å². The molecule has 0 bridgehead atoms. The third kappa shape index (κ3) is 3.05. The summed E-state index contributed by atoms with van der Waals surface area (Å²) in [5.74, 6) is 0. The van der Waals surface area contributed by atoms with E-state index in [-0.39, 0.29) is 6.10 Å². The Bertz CT molecular complexity index is 657. The topological polar surface area (TPSA) is 38.8 Å². The van der Waals surface area contributed by atoms with Crippen LogP contribution in [0.4, 0.5) is 0 Å². The van der Waals surface area contributed by atoms with Crippen molar-refractivity contribution in [2.24, 2.45) is 0 Å². The van der Waals surface area contributed by atoms with Crippen molar-refractivity contribution in [1.29, 1.82) is 0 Å². The zero-order valence-corrected chi connectivity index (χ0v) is 13.9. The summed E-state index contributed by atoms with van der Waals surface area (Å²) in [5, 5.41) is 11.8. The lowest BCUT2D eigenvalue weighted by atomic mass is 10.1. The van der Waals surface area contributed by atoms with E-state index in [4.69, 9.17) is 4.74 Å². The standard InChI is InChI=1S/C18H26N2O2/c1-13-4-5-18-17(10-13)14(2)15(3)20(18)12-16(21)11-19-6-8-22-9-7-19/h4-5,10,16,21H,6-9,11-12H2,1-3H3/p+1/t16-/m0/s1. The Labute approximate surface area is 132 Å². The van der Waals surface area contributed by atoms with E-state index < -0.39 is 0 Å². The second-order valence-electron chi connectivity index (χ2n) is 6.56. The van der Waals surface area contributed by atoms with Crippen LogP contribution in [0, 0.1) is 20.8 Å². The normalized spacial score (nSPS) is 18.0. The van der Waals surface area contributed by atoms with Crippen LogP contribution in [0.25, 0.3) is 10.9 Å². The number of morpholine rings is 1. The molecule has 22 heavy (non-hydrogen) atoms. The number of fused-ring (bicyclic) bond motifs is 1. The molecule has 1 atom stereocenters. The molecule has 2 aromatic rings. The average molecular weight is 303 g/mol. The van der Waals surface area contributed by atoms with Crippen LogP contribution in [0.2, 0.25) is 0 Å². The quantitative estimate of drug-likeness (QED) is 0.879.